The molecule has 3 rings (SSSR count). The Labute approximate surface area is 126 Å². The summed E-state index contributed by atoms with van der Waals surface area (Å²) in [6.45, 7) is 2.10. The number of aryl methyl sites for hydroxylation is 1. The second kappa shape index (κ2) is 4.95. The summed E-state index contributed by atoms with van der Waals surface area (Å²) in [6.07, 6.45) is 9.01. The van der Waals surface area contributed by atoms with E-state index in [1.807, 2.05) is 17.8 Å². The maximum atomic E-state index is 13.0. The van der Waals surface area contributed by atoms with Crippen LogP contribution in [0.3, 0.4) is 0 Å². The molecule has 2 aromatic heterocycles. The van der Waals surface area contributed by atoms with Gasteiger partial charge in [-0.1, -0.05) is 26.2 Å². The fraction of sp³-hybridized carbons (Fsp3) is 0.533. The first-order chi connectivity index (χ1) is 9.51. The van der Waals surface area contributed by atoms with Crippen LogP contribution >= 0.6 is 15.9 Å². The van der Waals surface area contributed by atoms with Gasteiger partial charge in [-0.05, 0) is 28.8 Å². The smallest absolute Gasteiger partial charge is 0.172 e. The lowest BCUT2D eigenvalue weighted by molar-refractivity contribution is 0.0751. The van der Waals surface area contributed by atoms with E-state index in [9.17, 15) is 4.79 Å². The van der Waals surface area contributed by atoms with E-state index in [1.54, 1.807) is 6.20 Å². The highest BCUT2D eigenvalue weighted by Gasteiger charge is 2.36. The number of rotatable bonds is 2. The topological polar surface area (TPSA) is 47.8 Å². The summed E-state index contributed by atoms with van der Waals surface area (Å²) in [5.74, 6) is 0.218. The number of halogens is 1. The van der Waals surface area contributed by atoms with Crippen molar-refractivity contribution in [1.82, 2.24) is 14.5 Å². The van der Waals surface area contributed by atoms with E-state index >= 15 is 0 Å². The lowest BCUT2D eigenvalue weighted by Crippen LogP contribution is -2.30. The molecule has 4 nitrogen and oxygen atoms in total. The Bertz CT molecular complexity index is 671. The molecule has 0 spiro atoms. The number of hydrogen-bond donors (Lipinski definition) is 0. The summed E-state index contributed by atoms with van der Waals surface area (Å²) < 4.78 is 2.55. The van der Waals surface area contributed by atoms with Crippen molar-refractivity contribution in [2.24, 2.45) is 12.5 Å². The molecular formula is C15H18BrN3O. The zero-order valence-electron chi connectivity index (χ0n) is 11.8. The normalized spacial score (nSPS) is 18.4. The lowest BCUT2D eigenvalue weighted by atomic mass is 9.71. The molecule has 1 saturated carbocycles. The molecule has 0 aromatic carbocycles. The van der Waals surface area contributed by atoms with Crippen molar-refractivity contribution >= 4 is 32.9 Å². The van der Waals surface area contributed by atoms with Gasteiger partial charge in [0.1, 0.15) is 10.1 Å². The Hall–Kier alpha value is -1.23. The molecule has 0 atom stereocenters. The summed E-state index contributed by atoms with van der Waals surface area (Å²) in [6, 6.07) is 0. The Kier molecular flexibility index (Phi) is 3.40. The summed E-state index contributed by atoms with van der Waals surface area (Å²) in [7, 11) is 1.91. The average molecular weight is 336 g/mol. The molecule has 1 aliphatic carbocycles. The first-order valence-electron chi connectivity index (χ1n) is 7.04. The number of carbonyl (C=O) groups is 1. The first-order valence-corrected chi connectivity index (χ1v) is 7.83. The van der Waals surface area contributed by atoms with E-state index in [1.165, 1.54) is 6.42 Å². The van der Waals surface area contributed by atoms with Gasteiger partial charge in [-0.2, -0.15) is 0 Å². The average Bonchev–Trinajstić information content (AvgIpc) is 2.75. The Morgan fingerprint density at radius 1 is 1.35 bits per heavy atom. The third kappa shape index (κ3) is 2.18. The van der Waals surface area contributed by atoms with E-state index in [-0.39, 0.29) is 11.2 Å². The van der Waals surface area contributed by atoms with Gasteiger partial charge < -0.3 is 4.57 Å². The Morgan fingerprint density at radius 2 is 2.05 bits per heavy atom. The standard InChI is InChI=1S/C15H18BrN3O/c1-15(6-4-3-5-7-15)13(20)10-9-19(2)14-12(10)18-11(16)8-17-14/h8-9H,3-7H2,1-2H3. The van der Waals surface area contributed by atoms with Crippen LogP contribution in [-0.4, -0.2) is 20.3 Å². The van der Waals surface area contributed by atoms with Crippen LogP contribution in [0.1, 0.15) is 49.4 Å². The van der Waals surface area contributed by atoms with Gasteiger partial charge in [0.05, 0.1) is 11.8 Å². The second-order valence-corrected chi connectivity index (χ2v) is 6.78. The molecule has 106 valence electrons. The van der Waals surface area contributed by atoms with Gasteiger partial charge in [-0.25, -0.2) is 9.97 Å². The highest BCUT2D eigenvalue weighted by atomic mass is 79.9. The summed E-state index contributed by atoms with van der Waals surface area (Å²) in [5, 5.41) is 0. The summed E-state index contributed by atoms with van der Waals surface area (Å²) >= 11 is 3.34. The van der Waals surface area contributed by atoms with Gasteiger partial charge >= 0.3 is 0 Å². The van der Waals surface area contributed by atoms with Crippen LogP contribution < -0.4 is 0 Å². The van der Waals surface area contributed by atoms with E-state index < -0.39 is 0 Å². The van der Waals surface area contributed by atoms with Crippen LogP contribution in [0.25, 0.3) is 11.2 Å². The van der Waals surface area contributed by atoms with Crippen molar-refractivity contribution in [1.29, 1.82) is 0 Å². The van der Waals surface area contributed by atoms with Crippen molar-refractivity contribution in [2.45, 2.75) is 39.0 Å². The first kappa shape index (κ1) is 13.7. The van der Waals surface area contributed by atoms with E-state index in [4.69, 9.17) is 0 Å². The molecule has 0 amide bonds. The second-order valence-electron chi connectivity index (χ2n) is 5.97. The van der Waals surface area contributed by atoms with Gasteiger partial charge in [0.2, 0.25) is 0 Å². The largest absolute Gasteiger partial charge is 0.333 e. The number of Topliss-reactive ketones (excluding diaryl/α,β-unsaturated/α-hetero) is 1. The zero-order valence-corrected chi connectivity index (χ0v) is 13.4. The highest BCUT2D eigenvalue weighted by molar-refractivity contribution is 9.10. The van der Waals surface area contributed by atoms with Crippen LogP contribution in [0.5, 0.6) is 0 Å². The minimum Gasteiger partial charge on any atom is -0.333 e. The molecule has 1 aliphatic rings. The molecule has 20 heavy (non-hydrogen) atoms. The van der Waals surface area contributed by atoms with Crippen LogP contribution in [0, 0.1) is 5.41 Å². The number of nitrogens with zero attached hydrogens (tertiary/aromatic N) is 3. The monoisotopic (exact) mass is 335 g/mol. The maximum Gasteiger partial charge on any atom is 0.172 e. The number of hydrogen-bond acceptors (Lipinski definition) is 3. The quantitative estimate of drug-likeness (QED) is 0.782. The number of carbonyl (C=O) groups excluding carboxylic acids is 1. The van der Waals surface area contributed by atoms with Crippen molar-refractivity contribution in [3.8, 4) is 0 Å². The predicted octanol–water partition coefficient (Wildman–Crippen LogP) is 3.88. The SMILES string of the molecule is Cn1cc(C(=O)C2(C)CCCCC2)c2nc(Br)cnc21. The Morgan fingerprint density at radius 3 is 2.75 bits per heavy atom. The molecule has 0 N–H and O–H groups in total. The molecule has 5 heteroatoms. The molecule has 0 unspecified atom stereocenters. The lowest BCUT2D eigenvalue weighted by Gasteiger charge is -2.31. The minimum atomic E-state index is -0.240. The maximum absolute atomic E-state index is 13.0. The Balaban J connectivity index is 2.09. The van der Waals surface area contributed by atoms with Crippen molar-refractivity contribution in [3.05, 3.63) is 22.6 Å². The van der Waals surface area contributed by atoms with Crippen molar-refractivity contribution in [2.75, 3.05) is 0 Å². The van der Waals surface area contributed by atoms with Crippen LogP contribution in [0.2, 0.25) is 0 Å². The van der Waals surface area contributed by atoms with Crippen LogP contribution in [-0.2, 0) is 7.05 Å². The molecule has 0 aliphatic heterocycles. The number of fused-ring (bicyclic) bond motifs is 1. The third-order valence-electron chi connectivity index (χ3n) is 4.39. The van der Waals surface area contributed by atoms with E-state index in [0.29, 0.717) is 15.7 Å². The predicted molar refractivity (Wildman–Crippen MR) is 81.7 cm³/mol. The molecule has 0 radical (unpaired) electrons. The third-order valence-corrected chi connectivity index (χ3v) is 4.77. The minimum absolute atomic E-state index is 0.218. The highest BCUT2D eigenvalue weighted by Crippen LogP contribution is 2.39. The van der Waals surface area contributed by atoms with E-state index in [0.717, 1.165) is 31.3 Å². The number of ketones is 1. The number of aromatic nitrogens is 3. The van der Waals surface area contributed by atoms with E-state index in [2.05, 4.69) is 32.8 Å². The molecule has 1 fully saturated rings. The van der Waals surface area contributed by atoms with Crippen molar-refractivity contribution in [3.63, 3.8) is 0 Å². The fourth-order valence-corrected chi connectivity index (χ4v) is 3.45. The zero-order chi connectivity index (χ0) is 14.3. The van der Waals surface area contributed by atoms with Gasteiger partial charge in [0, 0.05) is 18.7 Å². The van der Waals surface area contributed by atoms with Gasteiger partial charge in [0.25, 0.3) is 0 Å². The van der Waals surface area contributed by atoms with Crippen LogP contribution in [0.15, 0.2) is 17.0 Å². The van der Waals surface area contributed by atoms with Gasteiger partial charge in [-0.15, -0.1) is 0 Å². The molecule has 0 saturated heterocycles. The summed E-state index contributed by atoms with van der Waals surface area (Å²) in [5.41, 5.74) is 1.94. The van der Waals surface area contributed by atoms with Gasteiger partial charge in [0.15, 0.2) is 11.4 Å². The molecule has 2 heterocycles. The molecule has 0 bridgehead atoms. The molecule has 2 aromatic rings. The van der Waals surface area contributed by atoms with Crippen molar-refractivity contribution < 1.29 is 4.79 Å². The van der Waals surface area contributed by atoms with Crippen LogP contribution in [0.4, 0.5) is 0 Å². The molecular weight excluding hydrogens is 318 g/mol. The van der Waals surface area contributed by atoms with Gasteiger partial charge in [-0.3, -0.25) is 4.79 Å². The fourth-order valence-electron chi connectivity index (χ4n) is 3.17. The summed E-state index contributed by atoms with van der Waals surface area (Å²) in [4.78, 5) is 21.8.